The summed E-state index contributed by atoms with van der Waals surface area (Å²) in [7, 11) is 0. The molecule has 4 heteroatoms. The number of aliphatic hydroxyl groups excluding tert-OH is 1. The smallest absolute Gasteiger partial charge is 0.334 e. The van der Waals surface area contributed by atoms with Crippen LogP contribution < -0.4 is 0 Å². The van der Waals surface area contributed by atoms with Gasteiger partial charge in [-0.15, -0.1) is 0 Å². The Bertz CT molecular complexity index is 601. The molecular formula is C21H27NO3. The summed E-state index contributed by atoms with van der Waals surface area (Å²) in [5.74, 6) is -0.884. The molecule has 0 aliphatic heterocycles. The molecular weight excluding hydrogens is 314 g/mol. The minimum Gasteiger partial charge on any atom is -0.479 e. The highest BCUT2D eigenvalue weighted by Crippen LogP contribution is 2.21. The van der Waals surface area contributed by atoms with Crippen LogP contribution in [-0.2, 0) is 17.9 Å². The number of benzene rings is 2. The second-order valence-corrected chi connectivity index (χ2v) is 6.86. The first kappa shape index (κ1) is 19.2. The van der Waals surface area contributed by atoms with Crippen LogP contribution in [0.25, 0.3) is 0 Å². The molecule has 0 radical (unpaired) electrons. The van der Waals surface area contributed by atoms with E-state index in [4.69, 9.17) is 0 Å². The van der Waals surface area contributed by atoms with Gasteiger partial charge in [-0.1, -0.05) is 74.5 Å². The van der Waals surface area contributed by atoms with Crippen molar-refractivity contribution in [2.75, 3.05) is 0 Å². The van der Waals surface area contributed by atoms with Crippen molar-refractivity contribution in [1.29, 1.82) is 0 Å². The fourth-order valence-corrected chi connectivity index (χ4v) is 3.05. The Morgan fingerprint density at radius 3 is 1.72 bits per heavy atom. The molecule has 2 aromatic carbocycles. The third-order valence-electron chi connectivity index (χ3n) is 4.26. The van der Waals surface area contributed by atoms with Gasteiger partial charge in [-0.25, -0.2) is 4.79 Å². The van der Waals surface area contributed by atoms with Crippen LogP contribution in [0.2, 0.25) is 0 Å². The maximum Gasteiger partial charge on any atom is 0.334 e. The molecule has 2 N–H and O–H groups in total. The van der Waals surface area contributed by atoms with E-state index in [0.29, 0.717) is 19.5 Å². The van der Waals surface area contributed by atoms with Crippen LogP contribution in [0, 0.1) is 5.92 Å². The fraction of sp³-hybridized carbons (Fsp3) is 0.381. The Hall–Kier alpha value is -2.17. The molecule has 0 aliphatic rings. The minimum atomic E-state index is -1.41. The Balaban J connectivity index is 2.30. The van der Waals surface area contributed by atoms with Crippen molar-refractivity contribution in [1.82, 2.24) is 4.90 Å². The van der Waals surface area contributed by atoms with Gasteiger partial charge >= 0.3 is 5.97 Å². The average Bonchev–Trinajstić information content (AvgIpc) is 2.60. The molecule has 0 bridgehead atoms. The van der Waals surface area contributed by atoms with Crippen LogP contribution in [0.5, 0.6) is 0 Å². The van der Waals surface area contributed by atoms with Gasteiger partial charge in [0.15, 0.2) is 6.10 Å². The van der Waals surface area contributed by atoms with Crippen LogP contribution in [-0.4, -0.2) is 33.2 Å². The number of rotatable bonds is 9. The van der Waals surface area contributed by atoms with Crippen molar-refractivity contribution in [2.45, 2.75) is 45.5 Å². The maximum atomic E-state index is 11.5. The molecule has 0 heterocycles. The molecule has 25 heavy (non-hydrogen) atoms. The normalized spacial score (nSPS) is 13.8. The molecule has 0 amide bonds. The second kappa shape index (κ2) is 9.35. The zero-order valence-electron chi connectivity index (χ0n) is 14.9. The van der Waals surface area contributed by atoms with Gasteiger partial charge in [0, 0.05) is 19.1 Å². The van der Waals surface area contributed by atoms with E-state index in [0.717, 1.165) is 11.1 Å². The predicted molar refractivity (Wildman–Crippen MR) is 99.0 cm³/mol. The van der Waals surface area contributed by atoms with E-state index in [1.54, 1.807) is 0 Å². The molecule has 0 saturated heterocycles. The highest BCUT2D eigenvalue weighted by Gasteiger charge is 2.31. The number of carbonyl (C=O) groups is 1. The van der Waals surface area contributed by atoms with E-state index in [1.807, 2.05) is 74.5 Å². The summed E-state index contributed by atoms with van der Waals surface area (Å²) in [6, 6.07) is 19.5. The molecule has 4 nitrogen and oxygen atoms in total. The highest BCUT2D eigenvalue weighted by atomic mass is 16.4. The third-order valence-corrected chi connectivity index (χ3v) is 4.26. The number of carboxylic acids is 1. The van der Waals surface area contributed by atoms with Crippen LogP contribution in [0.4, 0.5) is 0 Å². The lowest BCUT2D eigenvalue weighted by Crippen LogP contribution is -2.47. The quantitative estimate of drug-likeness (QED) is 0.732. The van der Waals surface area contributed by atoms with Crippen molar-refractivity contribution in [3.05, 3.63) is 71.8 Å². The molecule has 0 spiro atoms. The second-order valence-electron chi connectivity index (χ2n) is 6.86. The molecule has 2 rings (SSSR count). The van der Waals surface area contributed by atoms with E-state index in [2.05, 4.69) is 4.90 Å². The van der Waals surface area contributed by atoms with E-state index in [1.165, 1.54) is 0 Å². The zero-order valence-corrected chi connectivity index (χ0v) is 14.9. The van der Waals surface area contributed by atoms with Crippen molar-refractivity contribution < 1.29 is 15.0 Å². The molecule has 0 aromatic heterocycles. The van der Waals surface area contributed by atoms with Crippen LogP contribution >= 0.6 is 0 Å². The van der Waals surface area contributed by atoms with Crippen LogP contribution in [0.3, 0.4) is 0 Å². The summed E-state index contributed by atoms with van der Waals surface area (Å²) in [5.41, 5.74) is 2.20. The van der Waals surface area contributed by atoms with Gasteiger partial charge in [-0.05, 0) is 23.5 Å². The van der Waals surface area contributed by atoms with Gasteiger partial charge in [0.05, 0.1) is 0 Å². The largest absolute Gasteiger partial charge is 0.479 e. The van der Waals surface area contributed by atoms with Gasteiger partial charge in [0.25, 0.3) is 0 Å². The van der Waals surface area contributed by atoms with E-state index < -0.39 is 18.1 Å². The van der Waals surface area contributed by atoms with Crippen molar-refractivity contribution >= 4 is 5.97 Å². The standard InChI is InChI=1S/C21H27NO3/c1-16(2)13-19(20(23)21(24)25)22(14-17-9-5-3-6-10-17)15-18-11-7-4-8-12-18/h3-12,16,19-20,23H,13-15H2,1-2H3,(H,24,25)/t19-,20+/m0/s1. The molecule has 0 unspecified atom stereocenters. The predicted octanol–water partition coefficient (Wildman–Crippen LogP) is 3.55. The Kier molecular flexibility index (Phi) is 7.16. The molecule has 0 saturated carbocycles. The maximum absolute atomic E-state index is 11.5. The first-order valence-electron chi connectivity index (χ1n) is 8.70. The van der Waals surface area contributed by atoms with E-state index >= 15 is 0 Å². The van der Waals surface area contributed by atoms with E-state index in [9.17, 15) is 15.0 Å². The molecule has 0 aliphatic carbocycles. The highest BCUT2D eigenvalue weighted by molar-refractivity contribution is 5.72. The van der Waals surface area contributed by atoms with Crippen LogP contribution in [0.15, 0.2) is 60.7 Å². The van der Waals surface area contributed by atoms with Gasteiger partial charge in [0.2, 0.25) is 0 Å². The van der Waals surface area contributed by atoms with Crippen LogP contribution in [0.1, 0.15) is 31.4 Å². The van der Waals surface area contributed by atoms with Gasteiger partial charge in [0.1, 0.15) is 0 Å². The summed E-state index contributed by atoms with van der Waals surface area (Å²) >= 11 is 0. The Morgan fingerprint density at radius 1 is 0.920 bits per heavy atom. The lowest BCUT2D eigenvalue weighted by molar-refractivity contribution is -0.151. The van der Waals surface area contributed by atoms with Crippen molar-refractivity contribution in [3.63, 3.8) is 0 Å². The third kappa shape index (κ3) is 6.00. The Labute approximate surface area is 149 Å². The lowest BCUT2D eigenvalue weighted by Gasteiger charge is -2.34. The minimum absolute atomic E-state index is 0.285. The topological polar surface area (TPSA) is 60.8 Å². The first-order valence-corrected chi connectivity index (χ1v) is 8.70. The summed E-state index contributed by atoms with van der Waals surface area (Å²) in [6.45, 7) is 5.28. The average molecular weight is 341 g/mol. The SMILES string of the molecule is CC(C)C[C@@H]([C@@H](O)C(=O)O)N(Cc1ccccc1)Cc1ccccc1. The molecule has 2 atom stereocenters. The fourth-order valence-electron chi connectivity index (χ4n) is 3.05. The lowest BCUT2D eigenvalue weighted by atomic mass is 9.96. The number of aliphatic carboxylic acids is 1. The number of carboxylic acid groups (broad SMARTS) is 1. The molecule has 2 aromatic rings. The molecule has 134 valence electrons. The number of aliphatic hydroxyl groups is 1. The molecule has 0 fully saturated rings. The first-order chi connectivity index (χ1) is 12.0. The summed E-state index contributed by atoms with van der Waals surface area (Å²) in [4.78, 5) is 13.5. The summed E-state index contributed by atoms with van der Waals surface area (Å²) in [5, 5.41) is 19.7. The van der Waals surface area contributed by atoms with Crippen molar-refractivity contribution in [3.8, 4) is 0 Å². The zero-order chi connectivity index (χ0) is 18.2. The number of hydrogen-bond acceptors (Lipinski definition) is 3. The number of nitrogens with zero attached hydrogens (tertiary/aromatic N) is 1. The van der Waals surface area contributed by atoms with Gasteiger partial charge in [-0.2, -0.15) is 0 Å². The summed E-state index contributed by atoms with van der Waals surface area (Å²) in [6.07, 6.45) is -0.789. The monoisotopic (exact) mass is 341 g/mol. The summed E-state index contributed by atoms with van der Waals surface area (Å²) < 4.78 is 0. The van der Waals surface area contributed by atoms with Gasteiger partial charge in [-0.3, -0.25) is 4.90 Å². The number of hydrogen-bond donors (Lipinski definition) is 2. The Morgan fingerprint density at radius 2 is 1.36 bits per heavy atom. The van der Waals surface area contributed by atoms with E-state index in [-0.39, 0.29) is 5.92 Å². The van der Waals surface area contributed by atoms with Crippen molar-refractivity contribution in [2.24, 2.45) is 5.92 Å². The van der Waals surface area contributed by atoms with Gasteiger partial charge < -0.3 is 10.2 Å².